The predicted octanol–water partition coefficient (Wildman–Crippen LogP) is 4.41. The molecule has 4 aromatic rings. The van der Waals surface area contributed by atoms with Gasteiger partial charge >= 0.3 is 0 Å². The SMILES string of the molecule is CC(Sc1ncccn1)C(=O)n1c2ccccc2c2ccccc21. The number of nitrogens with zero attached hydrogens (tertiary/aromatic N) is 3. The second kappa shape index (κ2) is 6.09. The van der Waals surface area contributed by atoms with Gasteiger partial charge in [0.2, 0.25) is 5.91 Å². The number of hydrogen-bond acceptors (Lipinski definition) is 4. The van der Waals surface area contributed by atoms with Crippen LogP contribution in [0.5, 0.6) is 0 Å². The lowest BCUT2D eigenvalue weighted by atomic mass is 10.2. The van der Waals surface area contributed by atoms with E-state index in [2.05, 4.69) is 22.1 Å². The Labute approximate surface area is 143 Å². The van der Waals surface area contributed by atoms with Crippen LogP contribution in [0.2, 0.25) is 0 Å². The first-order chi connectivity index (χ1) is 11.8. The van der Waals surface area contributed by atoms with E-state index in [0.29, 0.717) is 5.16 Å². The predicted molar refractivity (Wildman–Crippen MR) is 97.4 cm³/mol. The van der Waals surface area contributed by atoms with E-state index in [-0.39, 0.29) is 11.2 Å². The van der Waals surface area contributed by atoms with Crippen molar-refractivity contribution in [1.82, 2.24) is 14.5 Å². The van der Waals surface area contributed by atoms with Gasteiger partial charge in [0.05, 0.1) is 16.3 Å². The highest BCUT2D eigenvalue weighted by Crippen LogP contribution is 2.30. The highest BCUT2D eigenvalue weighted by atomic mass is 32.2. The first-order valence-corrected chi connectivity index (χ1v) is 8.60. The molecule has 0 N–H and O–H groups in total. The summed E-state index contributed by atoms with van der Waals surface area (Å²) in [5.41, 5.74) is 1.87. The second-order valence-corrected chi connectivity index (χ2v) is 6.81. The van der Waals surface area contributed by atoms with Gasteiger partial charge < -0.3 is 0 Å². The van der Waals surface area contributed by atoms with Crippen molar-refractivity contribution < 1.29 is 4.79 Å². The number of thioether (sulfide) groups is 1. The molecule has 1 unspecified atom stereocenters. The first kappa shape index (κ1) is 14.9. The molecule has 24 heavy (non-hydrogen) atoms. The Morgan fingerprint density at radius 3 is 2.04 bits per heavy atom. The highest BCUT2D eigenvalue weighted by Gasteiger charge is 2.22. The summed E-state index contributed by atoms with van der Waals surface area (Å²) in [6.45, 7) is 1.90. The van der Waals surface area contributed by atoms with E-state index in [0.717, 1.165) is 21.8 Å². The van der Waals surface area contributed by atoms with Gasteiger partial charge in [-0.3, -0.25) is 9.36 Å². The molecule has 0 aliphatic rings. The zero-order valence-electron chi connectivity index (χ0n) is 13.1. The van der Waals surface area contributed by atoms with Gasteiger partial charge in [0.1, 0.15) is 0 Å². The minimum absolute atomic E-state index is 0.0323. The molecule has 5 heteroatoms. The van der Waals surface area contributed by atoms with Crippen molar-refractivity contribution in [2.24, 2.45) is 0 Å². The van der Waals surface area contributed by atoms with E-state index >= 15 is 0 Å². The van der Waals surface area contributed by atoms with Gasteiger partial charge in [-0.2, -0.15) is 0 Å². The molecule has 0 amide bonds. The maximum absolute atomic E-state index is 13.1. The molecule has 118 valence electrons. The third-order valence-corrected chi connectivity index (χ3v) is 4.95. The van der Waals surface area contributed by atoms with Gasteiger partial charge in [-0.15, -0.1) is 0 Å². The van der Waals surface area contributed by atoms with Crippen LogP contribution in [0.25, 0.3) is 21.8 Å². The average molecular weight is 333 g/mol. The summed E-state index contributed by atoms with van der Waals surface area (Å²) in [7, 11) is 0. The first-order valence-electron chi connectivity index (χ1n) is 7.72. The van der Waals surface area contributed by atoms with Gasteiger partial charge in [0.15, 0.2) is 5.16 Å². The van der Waals surface area contributed by atoms with Crippen LogP contribution in [0.1, 0.15) is 11.7 Å². The van der Waals surface area contributed by atoms with Crippen molar-refractivity contribution >= 4 is 39.5 Å². The highest BCUT2D eigenvalue weighted by molar-refractivity contribution is 8.00. The van der Waals surface area contributed by atoms with Gasteiger partial charge in [-0.05, 0) is 25.1 Å². The molecule has 0 radical (unpaired) electrons. The summed E-state index contributed by atoms with van der Waals surface area (Å²) < 4.78 is 1.81. The number of carbonyl (C=O) groups excluding carboxylic acids is 1. The van der Waals surface area contributed by atoms with Gasteiger partial charge in [0.25, 0.3) is 0 Å². The smallest absolute Gasteiger partial charge is 0.244 e. The molecule has 2 aromatic carbocycles. The third-order valence-electron chi connectivity index (χ3n) is 3.97. The van der Waals surface area contributed by atoms with Crippen LogP contribution in [0.15, 0.2) is 72.1 Å². The quantitative estimate of drug-likeness (QED) is 0.412. The molecule has 0 aliphatic heterocycles. The molecule has 2 heterocycles. The molecule has 0 bridgehead atoms. The fraction of sp³-hybridized carbons (Fsp3) is 0.105. The van der Waals surface area contributed by atoms with E-state index < -0.39 is 0 Å². The Balaban J connectivity index is 1.81. The number of aromatic nitrogens is 3. The molecular weight excluding hydrogens is 318 g/mol. The molecule has 1 atom stereocenters. The zero-order valence-corrected chi connectivity index (χ0v) is 13.9. The lowest BCUT2D eigenvalue weighted by Gasteiger charge is -2.12. The molecule has 0 fully saturated rings. The number of carbonyl (C=O) groups is 1. The molecule has 4 nitrogen and oxygen atoms in total. The maximum Gasteiger partial charge on any atom is 0.244 e. The van der Waals surface area contributed by atoms with Crippen molar-refractivity contribution in [2.75, 3.05) is 0 Å². The Hall–Kier alpha value is -2.66. The van der Waals surface area contributed by atoms with E-state index in [1.165, 1.54) is 11.8 Å². The van der Waals surface area contributed by atoms with Crippen molar-refractivity contribution in [2.45, 2.75) is 17.3 Å². The van der Waals surface area contributed by atoms with Crippen LogP contribution in [-0.2, 0) is 0 Å². The third kappa shape index (κ3) is 2.47. The lowest BCUT2D eigenvalue weighted by molar-refractivity contribution is 0.0925. The van der Waals surface area contributed by atoms with Gasteiger partial charge in [0, 0.05) is 23.2 Å². The molecule has 0 saturated carbocycles. The summed E-state index contributed by atoms with van der Waals surface area (Å²) in [5.74, 6) is 0.0323. The van der Waals surface area contributed by atoms with Crippen LogP contribution in [0.4, 0.5) is 0 Å². The van der Waals surface area contributed by atoms with E-state index in [9.17, 15) is 4.79 Å². The monoisotopic (exact) mass is 333 g/mol. The Morgan fingerprint density at radius 1 is 0.917 bits per heavy atom. The van der Waals surface area contributed by atoms with E-state index in [1.807, 2.05) is 47.9 Å². The summed E-state index contributed by atoms with van der Waals surface area (Å²) in [6.07, 6.45) is 3.37. The number of hydrogen-bond donors (Lipinski definition) is 0. The van der Waals surface area contributed by atoms with Gasteiger partial charge in [-0.1, -0.05) is 48.2 Å². The average Bonchev–Trinajstić information content (AvgIpc) is 2.96. The van der Waals surface area contributed by atoms with Crippen molar-refractivity contribution in [3.63, 3.8) is 0 Å². The summed E-state index contributed by atoms with van der Waals surface area (Å²) >= 11 is 1.37. The fourth-order valence-electron chi connectivity index (χ4n) is 2.90. The van der Waals surface area contributed by atoms with E-state index in [4.69, 9.17) is 0 Å². The van der Waals surface area contributed by atoms with Crippen LogP contribution in [0, 0.1) is 0 Å². The Kier molecular flexibility index (Phi) is 3.78. The van der Waals surface area contributed by atoms with Crippen LogP contribution < -0.4 is 0 Å². The topological polar surface area (TPSA) is 47.8 Å². The van der Waals surface area contributed by atoms with E-state index in [1.54, 1.807) is 18.5 Å². The zero-order chi connectivity index (χ0) is 16.5. The Morgan fingerprint density at radius 2 is 1.46 bits per heavy atom. The van der Waals surface area contributed by atoms with Crippen molar-refractivity contribution in [1.29, 1.82) is 0 Å². The van der Waals surface area contributed by atoms with Crippen LogP contribution in [0.3, 0.4) is 0 Å². The number of para-hydroxylation sites is 2. The number of rotatable bonds is 3. The minimum atomic E-state index is -0.286. The second-order valence-electron chi connectivity index (χ2n) is 5.50. The molecule has 0 aliphatic carbocycles. The summed E-state index contributed by atoms with van der Waals surface area (Å²) in [6, 6.07) is 17.8. The minimum Gasteiger partial charge on any atom is -0.279 e. The fourth-order valence-corrected chi connectivity index (χ4v) is 3.66. The normalized spacial score (nSPS) is 12.5. The number of benzene rings is 2. The Bertz CT molecular complexity index is 973. The molecule has 0 spiro atoms. The van der Waals surface area contributed by atoms with Crippen molar-refractivity contribution in [3.8, 4) is 0 Å². The summed E-state index contributed by atoms with van der Waals surface area (Å²) in [5, 5.41) is 2.51. The van der Waals surface area contributed by atoms with Crippen LogP contribution in [-0.4, -0.2) is 25.7 Å². The standard InChI is InChI=1S/C19H15N3OS/c1-13(24-19-20-11-6-12-21-19)18(23)22-16-9-4-2-7-14(16)15-8-3-5-10-17(15)22/h2-13H,1H3. The largest absolute Gasteiger partial charge is 0.279 e. The lowest BCUT2D eigenvalue weighted by Crippen LogP contribution is -2.21. The molecular formula is C19H15N3OS. The molecule has 4 rings (SSSR count). The van der Waals surface area contributed by atoms with Crippen molar-refractivity contribution in [3.05, 3.63) is 67.0 Å². The summed E-state index contributed by atoms with van der Waals surface area (Å²) in [4.78, 5) is 21.5. The van der Waals surface area contributed by atoms with Gasteiger partial charge in [-0.25, -0.2) is 9.97 Å². The maximum atomic E-state index is 13.1. The molecule has 0 saturated heterocycles. The van der Waals surface area contributed by atoms with Crippen LogP contribution >= 0.6 is 11.8 Å². The number of fused-ring (bicyclic) bond motifs is 3. The molecule has 2 aromatic heterocycles.